The quantitative estimate of drug-likeness (QED) is 0.693. The van der Waals surface area contributed by atoms with Gasteiger partial charge < -0.3 is 0 Å². The molecule has 0 saturated carbocycles. The molecule has 2 aromatic rings. The van der Waals surface area contributed by atoms with Crippen molar-refractivity contribution in [1.29, 1.82) is 0 Å². The maximum atomic E-state index is 11.2. The van der Waals surface area contributed by atoms with E-state index in [2.05, 4.69) is 0 Å². The number of carbonyl (C=O) groups is 2. The fourth-order valence-electron chi connectivity index (χ4n) is 1.56. The van der Waals surface area contributed by atoms with E-state index < -0.39 is 0 Å². The van der Waals surface area contributed by atoms with Gasteiger partial charge in [0.1, 0.15) is 0 Å². The molecule has 2 rings (SSSR count). The zero-order chi connectivity index (χ0) is 13.8. The summed E-state index contributed by atoms with van der Waals surface area (Å²) >= 11 is -0.270. The van der Waals surface area contributed by atoms with Gasteiger partial charge in [-0.1, -0.05) is 0 Å². The van der Waals surface area contributed by atoms with Crippen molar-refractivity contribution < 1.29 is 28.2 Å². The third-order valence-corrected chi connectivity index (χ3v) is 5.47. The predicted octanol–water partition coefficient (Wildman–Crippen LogP) is 2.13. The Kier molecular flexibility index (Phi) is 4.44. The molecule has 100 valence electrons. The number of Topliss-reactive ketones (excluding diaryl/α,β-unsaturated/α-hetero) is 2. The van der Waals surface area contributed by atoms with E-state index in [0.717, 1.165) is 11.1 Å². The normalized spacial score (nSPS) is 10.4. The van der Waals surface area contributed by atoms with Gasteiger partial charge in [0.15, 0.2) is 0 Å². The van der Waals surface area contributed by atoms with Crippen LogP contribution >= 0.6 is 0 Å². The summed E-state index contributed by atoms with van der Waals surface area (Å²) in [5.41, 5.74) is 1.50. The van der Waals surface area contributed by atoms with E-state index in [1.54, 1.807) is 13.8 Å². The molecule has 19 heavy (non-hydrogen) atoms. The predicted molar refractivity (Wildman–Crippen MR) is 72.2 cm³/mol. The molecule has 0 saturated heterocycles. The van der Waals surface area contributed by atoms with E-state index in [1.165, 1.54) is 7.91 Å². The molecule has 0 N–H and O–H groups in total. The topological polar surface area (TPSA) is 34.1 Å². The Morgan fingerprint density at radius 2 is 1.00 bits per heavy atom. The van der Waals surface area contributed by atoms with Crippen LogP contribution in [0.5, 0.6) is 0 Å². The second-order valence-corrected chi connectivity index (χ2v) is 7.33. The SMILES string of the molecule is CC(=O)c1cc[c]([Pt][c]2ccc(C(C)=O)cc2)cc1. The van der Waals surface area contributed by atoms with Crippen LogP contribution in [-0.4, -0.2) is 11.6 Å². The monoisotopic (exact) mass is 433 g/mol. The second-order valence-electron chi connectivity index (χ2n) is 4.13. The summed E-state index contributed by atoms with van der Waals surface area (Å²) in [5, 5.41) is 0. The standard InChI is InChI=1S/2C8H7O.Pt/c2*1-7(9)8-5-3-2-4-6-8;/h2*3-6H,1H3;. The Balaban J connectivity index is 2.12. The van der Waals surface area contributed by atoms with Gasteiger partial charge in [0.25, 0.3) is 0 Å². The van der Waals surface area contributed by atoms with E-state index in [0.29, 0.717) is 0 Å². The van der Waals surface area contributed by atoms with E-state index in [1.807, 2.05) is 48.5 Å². The molecule has 0 unspecified atom stereocenters. The summed E-state index contributed by atoms with van der Waals surface area (Å²) in [7, 11) is 0. The fraction of sp³-hybridized carbons (Fsp3) is 0.125. The van der Waals surface area contributed by atoms with Crippen LogP contribution < -0.4 is 7.91 Å². The minimum atomic E-state index is -0.270. The van der Waals surface area contributed by atoms with Crippen molar-refractivity contribution >= 4 is 19.5 Å². The van der Waals surface area contributed by atoms with Crippen molar-refractivity contribution in [2.45, 2.75) is 13.8 Å². The molecule has 0 aromatic heterocycles. The van der Waals surface area contributed by atoms with Crippen LogP contribution in [-0.2, 0) is 18.6 Å². The molecule has 0 aliphatic heterocycles. The number of benzene rings is 2. The van der Waals surface area contributed by atoms with E-state index in [4.69, 9.17) is 0 Å². The van der Waals surface area contributed by atoms with Crippen LogP contribution in [0, 0.1) is 0 Å². The first kappa shape index (κ1) is 13.9. The summed E-state index contributed by atoms with van der Waals surface area (Å²) in [6.45, 7) is 3.15. The molecule has 0 spiro atoms. The van der Waals surface area contributed by atoms with Crippen LogP contribution in [0.2, 0.25) is 0 Å². The van der Waals surface area contributed by atoms with Gasteiger partial charge in [-0.05, 0) is 0 Å². The Morgan fingerprint density at radius 1 is 0.684 bits per heavy atom. The van der Waals surface area contributed by atoms with Gasteiger partial charge in [0.05, 0.1) is 0 Å². The van der Waals surface area contributed by atoms with Gasteiger partial charge in [0.2, 0.25) is 0 Å². The molecule has 2 nitrogen and oxygen atoms in total. The van der Waals surface area contributed by atoms with Gasteiger partial charge >= 0.3 is 121 Å². The van der Waals surface area contributed by atoms with E-state index in [9.17, 15) is 9.59 Å². The van der Waals surface area contributed by atoms with Crippen LogP contribution in [0.25, 0.3) is 0 Å². The van der Waals surface area contributed by atoms with Gasteiger partial charge in [-0.15, -0.1) is 0 Å². The van der Waals surface area contributed by atoms with Gasteiger partial charge in [-0.3, -0.25) is 0 Å². The third-order valence-electron chi connectivity index (χ3n) is 2.64. The van der Waals surface area contributed by atoms with Crippen LogP contribution in [0.4, 0.5) is 0 Å². The molecule has 0 aliphatic rings. The first-order chi connectivity index (χ1) is 9.06. The molecule has 0 amide bonds. The summed E-state index contributed by atoms with van der Waals surface area (Å²) in [6.07, 6.45) is 0. The molecule has 0 radical (unpaired) electrons. The zero-order valence-corrected chi connectivity index (χ0v) is 13.0. The summed E-state index contributed by atoms with van der Waals surface area (Å²) in [4.78, 5) is 22.4. The average Bonchev–Trinajstić information content (AvgIpc) is 2.40. The second kappa shape index (κ2) is 6.07. The Hall–Kier alpha value is -1.53. The molecular formula is C16H14O2Pt. The molecular weight excluding hydrogens is 419 g/mol. The van der Waals surface area contributed by atoms with Crippen LogP contribution in [0.15, 0.2) is 48.5 Å². The first-order valence-electron chi connectivity index (χ1n) is 5.87. The van der Waals surface area contributed by atoms with Crippen molar-refractivity contribution in [2.75, 3.05) is 0 Å². The van der Waals surface area contributed by atoms with Crippen molar-refractivity contribution in [1.82, 2.24) is 0 Å². The van der Waals surface area contributed by atoms with Crippen LogP contribution in [0.3, 0.4) is 0 Å². The number of hydrogen-bond acceptors (Lipinski definition) is 2. The molecule has 0 heterocycles. The summed E-state index contributed by atoms with van der Waals surface area (Å²) in [6, 6.07) is 15.6. The Morgan fingerprint density at radius 3 is 1.26 bits per heavy atom. The Labute approximate surface area is 121 Å². The third kappa shape index (κ3) is 3.71. The first-order valence-corrected chi connectivity index (χ1v) is 8.14. The van der Waals surface area contributed by atoms with Crippen molar-refractivity contribution in [3.63, 3.8) is 0 Å². The van der Waals surface area contributed by atoms with Gasteiger partial charge in [0, 0.05) is 0 Å². The molecule has 0 fully saturated rings. The number of carbonyl (C=O) groups excluding carboxylic acids is 2. The molecule has 0 bridgehead atoms. The molecule has 0 aliphatic carbocycles. The average molecular weight is 433 g/mol. The molecule has 3 heteroatoms. The minimum absolute atomic E-state index is 0.0932. The van der Waals surface area contributed by atoms with Crippen LogP contribution in [0.1, 0.15) is 34.6 Å². The fourth-order valence-corrected chi connectivity index (χ4v) is 3.83. The van der Waals surface area contributed by atoms with Crippen molar-refractivity contribution in [3.05, 3.63) is 59.7 Å². The van der Waals surface area contributed by atoms with Crippen molar-refractivity contribution in [2.24, 2.45) is 0 Å². The molecule has 0 atom stereocenters. The number of ketones is 2. The number of hydrogen-bond donors (Lipinski definition) is 0. The number of rotatable bonds is 4. The van der Waals surface area contributed by atoms with Gasteiger partial charge in [-0.25, -0.2) is 0 Å². The van der Waals surface area contributed by atoms with E-state index in [-0.39, 0.29) is 30.1 Å². The van der Waals surface area contributed by atoms with E-state index >= 15 is 0 Å². The van der Waals surface area contributed by atoms with Crippen molar-refractivity contribution in [3.8, 4) is 0 Å². The zero-order valence-electron chi connectivity index (χ0n) is 10.8. The summed E-state index contributed by atoms with van der Waals surface area (Å²) < 4.78 is 2.53. The molecule has 2 aromatic carbocycles. The maximum absolute atomic E-state index is 11.2. The summed E-state index contributed by atoms with van der Waals surface area (Å²) in [5.74, 6) is 0.186. The van der Waals surface area contributed by atoms with Gasteiger partial charge in [-0.2, -0.15) is 0 Å². The Bertz CT molecular complexity index is 542.